The lowest BCUT2D eigenvalue weighted by Gasteiger charge is -2.22. The fraction of sp³-hybridized carbons (Fsp3) is 0.500. The molecule has 12 heteroatoms. The van der Waals surface area contributed by atoms with Gasteiger partial charge in [0, 0.05) is 31.3 Å². The minimum atomic E-state index is -3.94. The van der Waals surface area contributed by atoms with Gasteiger partial charge >= 0.3 is 6.09 Å². The van der Waals surface area contributed by atoms with E-state index in [4.69, 9.17) is 15.9 Å². The molecule has 4 N–H and O–H groups in total. The van der Waals surface area contributed by atoms with Crippen molar-refractivity contribution in [1.82, 2.24) is 19.2 Å². The molecule has 2 amide bonds. The smallest absolute Gasteiger partial charge is 0.416 e. The van der Waals surface area contributed by atoms with E-state index in [1.54, 1.807) is 24.3 Å². The summed E-state index contributed by atoms with van der Waals surface area (Å²) in [4.78, 5) is 33.4. The van der Waals surface area contributed by atoms with Gasteiger partial charge < -0.3 is 15.5 Å². The number of unbranched alkanes of at least 4 members (excludes halogenated alkanes) is 1. The Bertz CT molecular complexity index is 1130. The summed E-state index contributed by atoms with van der Waals surface area (Å²) in [7, 11) is -2.75. The molecule has 11 nitrogen and oxygen atoms in total. The average Bonchev–Trinajstić information content (AvgIpc) is 3.44. The Kier molecular flexibility index (Phi) is 5.91. The molecule has 2 aromatic rings. The number of sulfonamides is 1. The molecule has 0 saturated carbocycles. The number of benzene rings is 1. The number of amidine groups is 1. The number of fused-ring (bicyclic) bond motifs is 2. The Hall–Kier alpha value is -2.99. The number of nitrogens with two attached hydrogens (primary N) is 1. The lowest BCUT2D eigenvalue weighted by atomic mass is 9.88. The first kappa shape index (κ1) is 22.2. The molecule has 2 fully saturated rings. The summed E-state index contributed by atoms with van der Waals surface area (Å²) in [5.41, 5.74) is 6.55. The van der Waals surface area contributed by atoms with Crippen LogP contribution in [0.5, 0.6) is 0 Å². The van der Waals surface area contributed by atoms with Gasteiger partial charge in [0.25, 0.3) is 10.0 Å². The topological polar surface area (TPSA) is 163 Å². The number of likely N-dealkylation sites (tertiary alicyclic amines) is 1. The van der Waals surface area contributed by atoms with Crippen LogP contribution in [0.1, 0.15) is 25.7 Å². The fourth-order valence-corrected chi connectivity index (χ4v) is 6.09. The van der Waals surface area contributed by atoms with Gasteiger partial charge in [0.1, 0.15) is 0 Å². The number of rotatable bonds is 7. The maximum atomic E-state index is 13.3. The summed E-state index contributed by atoms with van der Waals surface area (Å²) in [6.07, 6.45) is 1.43. The van der Waals surface area contributed by atoms with Crippen LogP contribution in [0, 0.1) is 17.2 Å². The molecule has 2 aliphatic rings. The second-order valence-corrected chi connectivity index (χ2v) is 10.0. The first-order valence-electron chi connectivity index (χ1n) is 10.4. The van der Waals surface area contributed by atoms with E-state index in [9.17, 15) is 18.0 Å². The van der Waals surface area contributed by atoms with Crippen molar-refractivity contribution in [2.24, 2.45) is 17.6 Å². The highest BCUT2D eigenvalue weighted by Gasteiger charge is 2.56. The molecule has 3 atom stereocenters. The normalized spacial score (nSPS) is 23.6. The predicted octanol–water partition coefficient (Wildman–Crippen LogP) is 1.27. The van der Waals surface area contributed by atoms with Crippen LogP contribution in [-0.4, -0.2) is 71.7 Å². The summed E-state index contributed by atoms with van der Waals surface area (Å²) in [6.45, 7) is 0.107. The van der Waals surface area contributed by atoms with Crippen LogP contribution in [0.2, 0.25) is 0 Å². The van der Waals surface area contributed by atoms with E-state index in [1.807, 2.05) is 0 Å². The quantitative estimate of drug-likeness (QED) is 0.317. The lowest BCUT2D eigenvalue weighted by Crippen LogP contribution is -2.43. The molecule has 0 spiro atoms. The van der Waals surface area contributed by atoms with Gasteiger partial charge in [-0.1, -0.05) is 18.6 Å². The van der Waals surface area contributed by atoms with E-state index in [1.165, 1.54) is 11.4 Å². The number of hydrogen-bond acceptors (Lipinski definition) is 7. The van der Waals surface area contributed by atoms with Crippen molar-refractivity contribution < 1.29 is 22.7 Å². The summed E-state index contributed by atoms with van der Waals surface area (Å²) >= 11 is 0. The van der Waals surface area contributed by atoms with Crippen molar-refractivity contribution in [3.05, 3.63) is 24.3 Å². The largest absolute Gasteiger partial charge is 0.452 e. The van der Waals surface area contributed by atoms with Gasteiger partial charge in [-0.3, -0.25) is 10.2 Å². The number of amides is 2. The average molecular weight is 463 g/mol. The first-order valence-corrected chi connectivity index (χ1v) is 11.9. The molecule has 1 aromatic heterocycles. The molecule has 0 bridgehead atoms. The highest BCUT2D eigenvalue weighted by Crippen LogP contribution is 2.41. The molecular formula is C20H26N6O5S. The van der Waals surface area contributed by atoms with Crippen LogP contribution in [0.4, 0.5) is 4.79 Å². The molecule has 172 valence electrons. The Morgan fingerprint density at radius 2 is 2.06 bits per heavy atom. The Balaban J connectivity index is 1.57. The number of carbonyl (C=O) groups is 2. The number of methoxy groups -OCH3 is 1. The minimum absolute atomic E-state index is 0.00513. The number of ether oxygens (including phenoxy) is 1. The van der Waals surface area contributed by atoms with E-state index in [0.29, 0.717) is 36.7 Å². The monoisotopic (exact) mass is 462 g/mol. The van der Waals surface area contributed by atoms with Crippen molar-refractivity contribution >= 4 is 38.9 Å². The number of imide groups is 1. The third-order valence-corrected chi connectivity index (χ3v) is 7.90. The first-order chi connectivity index (χ1) is 15.2. The summed E-state index contributed by atoms with van der Waals surface area (Å²) < 4.78 is 32.6. The zero-order chi connectivity index (χ0) is 23.0. The van der Waals surface area contributed by atoms with Crippen LogP contribution in [0.25, 0.3) is 11.0 Å². The SMILES string of the molecule is COC(=O)N1C(=O)[C@H](CCCCC(=N)N)[C@@H]2CN(S(=O)(=O)c3nc4ccccc4[nH]3)C[C@H]21. The predicted molar refractivity (Wildman–Crippen MR) is 115 cm³/mol. The van der Waals surface area contributed by atoms with Crippen LogP contribution in [0.15, 0.2) is 29.4 Å². The molecular weight excluding hydrogens is 436 g/mol. The van der Waals surface area contributed by atoms with Crippen LogP contribution >= 0.6 is 0 Å². The van der Waals surface area contributed by atoms with Crippen molar-refractivity contribution in [2.75, 3.05) is 20.2 Å². The third-order valence-electron chi connectivity index (χ3n) is 6.24. The van der Waals surface area contributed by atoms with Crippen molar-refractivity contribution in [3.8, 4) is 0 Å². The number of para-hydroxylation sites is 2. The zero-order valence-corrected chi connectivity index (χ0v) is 18.5. The zero-order valence-electron chi connectivity index (χ0n) is 17.7. The molecule has 1 aromatic carbocycles. The van der Waals surface area contributed by atoms with E-state index >= 15 is 0 Å². The Morgan fingerprint density at radius 3 is 2.75 bits per heavy atom. The van der Waals surface area contributed by atoms with Gasteiger partial charge in [0.15, 0.2) is 0 Å². The van der Waals surface area contributed by atoms with Gasteiger partial charge in [0.2, 0.25) is 11.1 Å². The van der Waals surface area contributed by atoms with Crippen molar-refractivity contribution in [1.29, 1.82) is 5.41 Å². The highest BCUT2D eigenvalue weighted by atomic mass is 32.2. The number of aromatic nitrogens is 2. The highest BCUT2D eigenvalue weighted by molar-refractivity contribution is 7.89. The number of imidazole rings is 1. The number of H-pyrrole nitrogens is 1. The van der Waals surface area contributed by atoms with Crippen molar-refractivity contribution in [2.45, 2.75) is 36.9 Å². The van der Waals surface area contributed by atoms with Crippen LogP contribution < -0.4 is 5.73 Å². The van der Waals surface area contributed by atoms with Gasteiger partial charge in [-0.05, 0) is 25.0 Å². The lowest BCUT2D eigenvalue weighted by molar-refractivity contribution is -0.130. The van der Waals surface area contributed by atoms with Crippen LogP contribution in [-0.2, 0) is 19.6 Å². The maximum Gasteiger partial charge on any atom is 0.416 e. The molecule has 0 aliphatic carbocycles. The van der Waals surface area contributed by atoms with Gasteiger partial charge in [-0.15, -0.1) is 0 Å². The molecule has 2 saturated heterocycles. The van der Waals surface area contributed by atoms with Gasteiger partial charge in [-0.25, -0.2) is 23.1 Å². The van der Waals surface area contributed by atoms with E-state index < -0.39 is 28.1 Å². The van der Waals surface area contributed by atoms with Crippen molar-refractivity contribution in [3.63, 3.8) is 0 Å². The standard InChI is InChI=1S/C20H26N6O5S/c1-31-20(28)26-16-11-25(10-13(16)12(18(26)27)6-2-5-9-17(21)22)32(29,30)19-23-14-7-3-4-8-15(14)24-19/h3-4,7-8,12-13,16H,2,5-6,9-11H2,1H3,(H3,21,22)(H,23,24)/t12-,13+,16-/m1/s1. The number of aromatic amines is 1. The van der Waals surface area contributed by atoms with E-state index in [2.05, 4.69) is 9.97 Å². The number of nitrogens with one attached hydrogen (secondary N) is 2. The number of hydrogen-bond donors (Lipinski definition) is 3. The maximum absolute atomic E-state index is 13.3. The Morgan fingerprint density at radius 1 is 1.31 bits per heavy atom. The van der Waals surface area contributed by atoms with E-state index in [0.717, 1.165) is 4.90 Å². The minimum Gasteiger partial charge on any atom is -0.452 e. The molecule has 4 rings (SSSR count). The Labute approximate surface area is 185 Å². The molecule has 0 radical (unpaired) electrons. The second-order valence-electron chi connectivity index (χ2n) is 8.17. The second kappa shape index (κ2) is 8.51. The van der Waals surface area contributed by atoms with Gasteiger partial charge in [0.05, 0.1) is 30.0 Å². The molecule has 0 unspecified atom stereocenters. The third kappa shape index (κ3) is 3.84. The summed E-state index contributed by atoms with van der Waals surface area (Å²) in [6, 6.07) is 6.43. The molecule has 32 heavy (non-hydrogen) atoms. The fourth-order valence-electron chi connectivity index (χ4n) is 4.68. The molecule has 2 aliphatic heterocycles. The number of nitrogens with zero attached hydrogens (tertiary/aromatic N) is 3. The number of carbonyl (C=O) groups excluding carboxylic acids is 2. The van der Waals surface area contributed by atoms with E-state index in [-0.39, 0.29) is 35.9 Å². The van der Waals surface area contributed by atoms with Crippen LogP contribution in [0.3, 0.4) is 0 Å². The summed E-state index contributed by atoms with van der Waals surface area (Å²) in [5.74, 6) is -1.09. The molecule has 3 heterocycles. The van der Waals surface area contributed by atoms with Gasteiger partial charge in [-0.2, -0.15) is 4.31 Å². The summed E-state index contributed by atoms with van der Waals surface area (Å²) in [5, 5.41) is 7.17.